The van der Waals surface area contributed by atoms with Crippen LogP contribution in [0.3, 0.4) is 0 Å². The van der Waals surface area contributed by atoms with Crippen LogP contribution in [-0.2, 0) is 11.0 Å². The van der Waals surface area contributed by atoms with Gasteiger partial charge in [0.25, 0.3) is 0 Å². The van der Waals surface area contributed by atoms with Crippen LogP contribution in [0.15, 0.2) is 59.5 Å². The molecule has 0 aromatic heterocycles. The second kappa shape index (κ2) is 8.28. The van der Waals surface area contributed by atoms with E-state index in [9.17, 15) is 14.4 Å². The van der Waals surface area contributed by atoms with Crippen molar-refractivity contribution in [1.82, 2.24) is 4.90 Å². The van der Waals surface area contributed by atoms with E-state index in [1.54, 1.807) is 42.5 Å². The van der Waals surface area contributed by atoms with Gasteiger partial charge in [-0.1, -0.05) is 12.1 Å². The molecule has 0 saturated heterocycles. The molecule has 6 nitrogen and oxygen atoms in total. The molecule has 0 amide bonds. The summed E-state index contributed by atoms with van der Waals surface area (Å²) in [4.78, 5) is 2.56. The van der Waals surface area contributed by atoms with Crippen LogP contribution in [0.4, 0.5) is 5.69 Å². The molecule has 7 heteroatoms. The molecule has 0 bridgehead atoms. The Morgan fingerprint density at radius 3 is 2.63 bits per heavy atom. The Balaban J connectivity index is 1.75. The van der Waals surface area contributed by atoms with Gasteiger partial charge in [-0.05, 0) is 55.9 Å². The third-order valence-corrected chi connectivity index (χ3v) is 5.11. The third-order valence-electron chi connectivity index (χ3n) is 4.01. The van der Waals surface area contributed by atoms with Crippen LogP contribution in [0.25, 0.3) is 10.8 Å². The van der Waals surface area contributed by atoms with Crippen LogP contribution >= 0.6 is 0 Å². The molecule has 0 saturated carbocycles. The number of nitrogens with one attached hydrogen (secondary N) is 1. The van der Waals surface area contributed by atoms with Crippen LogP contribution in [0, 0.1) is 0 Å². The molecule has 1 atom stereocenters. The zero-order chi connectivity index (χ0) is 19.4. The van der Waals surface area contributed by atoms with Gasteiger partial charge < -0.3 is 24.6 Å². The molecule has 0 heterocycles. The van der Waals surface area contributed by atoms with Crippen molar-refractivity contribution < 1.29 is 19.2 Å². The molecule has 0 aliphatic rings. The van der Waals surface area contributed by atoms with E-state index in [2.05, 4.69) is 4.72 Å². The number of hydrogen-bond acceptors (Lipinski definition) is 5. The van der Waals surface area contributed by atoms with Gasteiger partial charge in [-0.25, -0.2) is 4.21 Å². The zero-order valence-electron chi connectivity index (χ0n) is 15.2. The molecule has 142 valence electrons. The van der Waals surface area contributed by atoms with Gasteiger partial charge in [-0.15, -0.1) is 0 Å². The fraction of sp³-hybridized carbons (Fsp3) is 0.200. The van der Waals surface area contributed by atoms with Crippen molar-refractivity contribution in [2.24, 2.45) is 0 Å². The number of phenolic OH excluding ortho intramolecular Hbond substituents is 2. The first kappa shape index (κ1) is 19.0. The third kappa shape index (κ3) is 4.69. The lowest BCUT2D eigenvalue weighted by atomic mass is 10.1. The summed E-state index contributed by atoms with van der Waals surface area (Å²) in [7, 11) is 2.37. The minimum absolute atomic E-state index is 0.0336. The van der Waals surface area contributed by atoms with E-state index in [1.807, 2.05) is 25.1 Å². The molecule has 3 N–H and O–H groups in total. The standard InChI is InChI=1S/C20H22N2O4S/c1-22(2)10-11-26-20-13-15(6-9-19(20)24)21-27(25)16-7-8-17-14(12-16)4-3-5-18(17)23/h3-9,12-13,21,23-24H,10-11H2,1-2H3. The number of phenols is 2. The Morgan fingerprint density at radius 1 is 1.04 bits per heavy atom. The Hall–Kier alpha value is -2.77. The molecular formula is C20H22N2O4S. The van der Waals surface area contributed by atoms with Crippen LogP contribution in [0.1, 0.15) is 0 Å². The van der Waals surface area contributed by atoms with Crippen molar-refractivity contribution in [2.75, 3.05) is 32.0 Å². The largest absolute Gasteiger partial charge is 0.507 e. The Morgan fingerprint density at radius 2 is 1.85 bits per heavy atom. The molecule has 3 rings (SSSR count). The van der Waals surface area contributed by atoms with Gasteiger partial charge in [0, 0.05) is 18.0 Å². The van der Waals surface area contributed by atoms with E-state index >= 15 is 0 Å². The summed E-state index contributed by atoms with van der Waals surface area (Å²) < 4.78 is 21.2. The first-order valence-electron chi connectivity index (χ1n) is 8.45. The second-order valence-corrected chi connectivity index (χ2v) is 7.58. The van der Waals surface area contributed by atoms with E-state index in [-0.39, 0.29) is 11.5 Å². The molecular weight excluding hydrogens is 364 g/mol. The number of fused-ring (bicyclic) bond motifs is 1. The molecule has 1 unspecified atom stereocenters. The summed E-state index contributed by atoms with van der Waals surface area (Å²) in [5, 5.41) is 21.3. The Labute approximate surface area is 160 Å². The number of benzene rings is 3. The van der Waals surface area contributed by atoms with Gasteiger partial charge >= 0.3 is 0 Å². The van der Waals surface area contributed by atoms with Crippen LogP contribution in [0.2, 0.25) is 0 Å². The molecule has 3 aromatic rings. The summed E-state index contributed by atoms with van der Waals surface area (Å²) in [6.07, 6.45) is 0. The number of anilines is 1. The fourth-order valence-corrected chi connectivity index (χ4v) is 3.44. The van der Waals surface area contributed by atoms with Gasteiger partial charge in [0.2, 0.25) is 0 Å². The molecule has 0 spiro atoms. The highest BCUT2D eigenvalue weighted by Crippen LogP contribution is 2.30. The van der Waals surface area contributed by atoms with Crippen molar-refractivity contribution in [3.63, 3.8) is 0 Å². The average Bonchev–Trinajstić information content (AvgIpc) is 2.64. The minimum Gasteiger partial charge on any atom is -0.507 e. The molecule has 0 aliphatic heterocycles. The molecule has 3 aromatic carbocycles. The van der Waals surface area contributed by atoms with Crippen molar-refractivity contribution in [2.45, 2.75) is 4.90 Å². The smallest absolute Gasteiger partial charge is 0.163 e. The SMILES string of the molecule is CN(C)CCOc1cc(NS(=O)c2ccc3c(O)cccc3c2)ccc1O. The Bertz CT molecular complexity index is 975. The van der Waals surface area contributed by atoms with Crippen LogP contribution < -0.4 is 9.46 Å². The number of aromatic hydroxyl groups is 2. The van der Waals surface area contributed by atoms with Crippen molar-refractivity contribution in [3.05, 3.63) is 54.6 Å². The lowest BCUT2D eigenvalue weighted by Gasteiger charge is -2.13. The van der Waals surface area contributed by atoms with Crippen molar-refractivity contribution in [1.29, 1.82) is 0 Å². The zero-order valence-corrected chi connectivity index (χ0v) is 16.0. The molecule has 27 heavy (non-hydrogen) atoms. The number of rotatable bonds is 7. The maximum Gasteiger partial charge on any atom is 0.163 e. The number of nitrogens with zero attached hydrogens (tertiary/aromatic N) is 1. The lowest BCUT2D eigenvalue weighted by molar-refractivity contribution is 0.252. The minimum atomic E-state index is -1.50. The maximum atomic E-state index is 12.7. The highest BCUT2D eigenvalue weighted by molar-refractivity contribution is 7.86. The highest BCUT2D eigenvalue weighted by Gasteiger charge is 2.10. The second-order valence-electron chi connectivity index (χ2n) is 6.37. The first-order chi connectivity index (χ1) is 12.9. The van der Waals surface area contributed by atoms with E-state index in [1.165, 1.54) is 6.07 Å². The predicted molar refractivity (Wildman–Crippen MR) is 108 cm³/mol. The quantitative estimate of drug-likeness (QED) is 0.543. The van der Waals surface area contributed by atoms with E-state index in [4.69, 9.17) is 4.74 Å². The highest BCUT2D eigenvalue weighted by atomic mass is 32.2. The van der Waals surface area contributed by atoms with E-state index < -0.39 is 11.0 Å². The average molecular weight is 386 g/mol. The summed E-state index contributed by atoms with van der Waals surface area (Å²) >= 11 is 0. The van der Waals surface area contributed by atoms with Gasteiger partial charge in [0.15, 0.2) is 11.5 Å². The van der Waals surface area contributed by atoms with Gasteiger partial charge in [-0.2, -0.15) is 0 Å². The van der Waals surface area contributed by atoms with Crippen LogP contribution in [-0.4, -0.2) is 46.6 Å². The summed E-state index contributed by atoms with van der Waals surface area (Å²) in [6.45, 7) is 1.15. The lowest BCUT2D eigenvalue weighted by Crippen LogP contribution is -2.19. The number of likely N-dealkylation sites (N-methyl/N-ethyl adjacent to an activating group) is 1. The van der Waals surface area contributed by atoms with Crippen LogP contribution in [0.5, 0.6) is 17.2 Å². The predicted octanol–water partition coefficient (Wildman–Crippen LogP) is 3.33. The molecule has 0 aliphatic carbocycles. The summed E-state index contributed by atoms with van der Waals surface area (Å²) in [5.74, 6) is 0.560. The number of ether oxygens (including phenoxy) is 1. The van der Waals surface area contributed by atoms with Crippen molar-refractivity contribution >= 4 is 27.4 Å². The van der Waals surface area contributed by atoms with E-state index in [0.29, 0.717) is 34.9 Å². The molecule has 0 radical (unpaired) electrons. The molecule has 0 fully saturated rings. The summed E-state index contributed by atoms with van der Waals surface area (Å²) in [6, 6.07) is 15.2. The van der Waals surface area contributed by atoms with E-state index in [0.717, 1.165) is 5.39 Å². The maximum absolute atomic E-state index is 12.7. The first-order valence-corrected chi connectivity index (χ1v) is 9.60. The number of hydrogen-bond donors (Lipinski definition) is 3. The summed E-state index contributed by atoms with van der Waals surface area (Å²) in [5.41, 5.74) is 0.571. The van der Waals surface area contributed by atoms with Gasteiger partial charge in [0.1, 0.15) is 23.3 Å². The van der Waals surface area contributed by atoms with Gasteiger partial charge in [0.05, 0.1) is 10.6 Å². The monoisotopic (exact) mass is 386 g/mol. The van der Waals surface area contributed by atoms with Gasteiger partial charge in [-0.3, -0.25) is 0 Å². The van der Waals surface area contributed by atoms with Crippen molar-refractivity contribution in [3.8, 4) is 17.2 Å². The Kier molecular flexibility index (Phi) is 5.83. The normalized spacial score (nSPS) is 12.3. The topological polar surface area (TPSA) is 82.0 Å². The fourth-order valence-electron chi connectivity index (χ4n) is 2.56.